The van der Waals surface area contributed by atoms with Gasteiger partial charge in [0.1, 0.15) is 6.61 Å². The summed E-state index contributed by atoms with van der Waals surface area (Å²) in [7, 11) is 0. The fraction of sp³-hybridized carbons (Fsp3) is 0.318. The third-order valence-corrected chi connectivity index (χ3v) is 4.75. The molecule has 3 aromatic rings. The van der Waals surface area contributed by atoms with Gasteiger partial charge in [0.25, 0.3) is 5.91 Å². The van der Waals surface area contributed by atoms with Crippen molar-refractivity contribution >= 4 is 5.91 Å². The fourth-order valence-corrected chi connectivity index (χ4v) is 2.98. The van der Waals surface area contributed by atoms with E-state index in [0.29, 0.717) is 36.6 Å². The highest BCUT2D eigenvalue weighted by molar-refractivity contribution is 5.96. The Hall–Kier alpha value is -2.99. The number of carbonyl (C=O) groups is 1. The number of hydrogen-bond acceptors (Lipinski definition) is 5. The zero-order valence-corrected chi connectivity index (χ0v) is 16.1. The number of carbonyl (C=O) groups excluding carboxylic acids is 1. The van der Waals surface area contributed by atoms with Crippen molar-refractivity contribution < 1.29 is 13.9 Å². The molecule has 1 amide bonds. The number of benzene rings is 2. The average Bonchev–Trinajstić information content (AvgIpc) is 3.40. The highest BCUT2D eigenvalue weighted by Crippen LogP contribution is 2.28. The van der Waals surface area contributed by atoms with Crippen LogP contribution in [0.1, 0.15) is 41.6 Å². The van der Waals surface area contributed by atoms with Crippen molar-refractivity contribution in [2.24, 2.45) is 0 Å². The number of ether oxygens (including phenoxy) is 1. The van der Waals surface area contributed by atoms with Gasteiger partial charge in [-0.1, -0.05) is 18.2 Å². The summed E-state index contributed by atoms with van der Waals surface area (Å²) in [6, 6.07) is 14.1. The van der Waals surface area contributed by atoms with Gasteiger partial charge in [0.05, 0.1) is 0 Å². The van der Waals surface area contributed by atoms with E-state index in [0.717, 1.165) is 35.1 Å². The largest absolute Gasteiger partial charge is 0.418 e. The molecule has 1 heterocycles. The number of rotatable bonds is 7. The normalized spacial score (nSPS) is 13.5. The first kappa shape index (κ1) is 18.4. The Labute approximate surface area is 163 Å². The van der Waals surface area contributed by atoms with E-state index in [9.17, 15) is 4.79 Å². The van der Waals surface area contributed by atoms with Crippen molar-refractivity contribution in [3.8, 4) is 22.6 Å². The molecule has 0 aliphatic heterocycles. The van der Waals surface area contributed by atoms with E-state index < -0.39 is 0 Å². The topological polar surface area (TPSA) is 77.2 Å². The Kier molecular flexibility index (Phi) is 5.21. The van der Waals surface area contributed by atoms with E-state index in [-0.39, 0.29) is 5.91 Å². The lowest BCUT2D eigenvalue weighted by Gasteiger charge is -2.10. The van der Waals surface area contributed by atoms with E-state index in [2.05, 4.69) is 15.5 Å². The minimum absolute atomic E-state index is 0.00643. The molecule has 1 aromatic heterocycles. The van der Waals surface area contributed by atoms with Crippen molar-refractivity contribution in [2.45, 2.75) is 39.3 Å². The monoisotopic (exact) mass is 377 g/mol. The first-order valence-corrected chi connectivity index (χ1v) is 9.56. The van der Waals surface area contributed by atoms with Gasteiger partial charge in [-0.3, -0.25) is 4.79 Å². The van der Waals surface area contributed by atoms with Gasteiger partial charge < -0.3 is 14.5 Å². The van der Waals surface area contributed by atoms with Gasteiger partial charge >= 0.3 is 0 Å². The molecule has 1 aliphatic carbocycles. The van der Waals surface area contributed by atoms with Crippen LogP contribution in [0.25, 0.3) is 22.6 Å². The van der Waals surface area contributed by atoms with Gasteiger partial charge in [-0.25, -0.2) is 0 Å². The van der Waals surface area contributed by atoms with Crippen LogP contribution in [0.4, 0.5) is 0 Å². The van der Waals surface area contributed by atoms with Crippen molar-refractivity contribution in [3.05, 3.63) is 59.5 Å². The Balaban J connectivity index is 1.54. The molecule has 28 heavy (non-hydrogen) atoms. The lowest BCUT2D eigenvalue weighted by atomic mass is 9.97. The molecule has 0 spiro atoms. The minimum atomic E-state index is -0.00643. The molecule has 0 saturated heterocycles. The van der Waals surface area contributed by atoms with Gasteiger partial charge in [-0.05, 0) is 67.6 Å². The van der Waals surface area contributed by atoms with Crippen LogP contribution in [-0.4, -0.2) is 28.8 Å². The summed E-state index contributed by atoms with van der Waals surface area (Å²) >= 11 is 0. The van der Waals surface area contributed by atoms with Crippen molar-refractivity contribution in [2.75, 3.05) is 6.61 Å². The molecule has 1 aliphatic rings. The fourth-order valence-electron chi connectivity index (χ4n) is 2.98. The summed E-state index contributed by atoms with van der Waals surface area (Å²) in [4.78, 5) is 12.4. The third kappa shape index (κ3) is 4.12. The molecule has 6 nitrogen and oxygen atoms in total. The molecule has 6 heteroatoms. The summed E-state index contributed by atoms with van der Waals surface area (Å²) in [6.07, 6.45) is 2.15. The highest BCUT2D eigenvalue weighted by Gasteiger charge is 2.24. The molecule has 0 bridgehead atoms. The summed E-state index contributed by atoms with van der Waals surface area (Å²) in [5, 5.41) is 11.1. The van der Waals surface area contributed by atoms with E-state index in [1.807, 2.05) is 56.3 Å². The predicted molar refractivity (Wildman–Crippen MR) is 106 cm³/mol. The van der Waals surface area contributed by atoms with Crippen molar-refractivity contribution in [3.63, 3.8) is 0 Å². The van der Waals surface area contributed by atoms with Crippen molar-refractivity contribution in [1.29, 1.82) is 0 Å². The maximum Gasteiger partial charge on any atom is 0.251 e. The second kappa shape index (κ2) is 7.94. The van der Waals surface area contributed by atoms with E-state index in [4.69, 9.17) is 9.15 Å². The van der Waals surface area contributed by atoms with E-state index >= 15 is 0 Å². The average molecular weight is 377 g/mol. The van der Waals surface area contributed by atoms with Crippen LogP contribution in [-0.2, 0) is 11.3 Å². The van der Waals surface area contributed by atoms with Gasteiger partial charge in [0.15, 0.2) is 0 Å². The van der Waals surface area contributed by atoms with Gasteiger partial charge in [-0.2, -0.15) is 0 Å². The summed E-state index contributed by atoms with van der Waals surface area (Å²) in [5.74, 6) is 0.926. The lowest BCUT2D eigenvalue weighted by Crippen LogP contribution is -2.25. The van der Waals surface area contributed by atoms with E-state index in [1.165, 1.54) is 0 Å². The standard InChI is InChI=1S/C22H23N3O3/c1-3-27-13-20-24-25-22(28-20)16-8-6-15(7-9-16)19-12-17(5-4-14(19)2)21(26)23-18-10-11-18/h4-9,12,18H,3,10-11,13H2,1-2H3,(H,23,26). The highest BCUT2D eigenvalue weighted by atomic mass is 16.5. The molecule has 0 unspecified atom stereocenters. The predicted octanol–water partition coefficient (Wildman–Crippen LogP) is 4.14. The lowest BCUT2D eigenvalue weighted by molar-refractivity contribution is 0.0951. The molecule has 144 valence electrons. The number of nitrogens with one attached hydrogen (secondary N) is 1. The molecular weight excluding hydrogens is 354 g/mol. The Morgan fingerprint density at radius 2 is 1.89 bits per heavy atom. The van der Waals surface area contributed by atoms with Crippen LogP contribution in [0.2, 0.25) is 0 Å². The molecule has 1 fully saturated rings. The number of nitrogens with zero attached hydrogens (tertiary/aromatic N) is 2. The quantitative estimate of drug-likeness (QED) is 0.669. The third-order valence-electron chi connectivity index (χ3n) is 4.75. The van der Waals surface area contributed by atoms with Crippen LogP contribution in [0, 0.1) is 6.92 Å². The van der Waals surface area contributed by atoms with Crippen LogP contribution < -0.4 is 5.32 Å². The number of hydrogen-bond donors (Lipinski definition) is 1. The van der Waals surface area contributed by atoms with Gasteiger partial charge in [-0.15, -0.1) is 10.2 Å². The Bertz CT molecular complexity index is 975. The van der Waals surface area contributed by atoms with Gasteiger partial charge in [0.2, 0.25) is 11.8 Å². The molecule has 2 aromatic carbocycles. The van der Waals surface area contributed by atoms with Crippen LogP contribution in [0.5, 0.6) is 0 Å². The second-order valence-electron chi connectivity index (χ2n) is 6.99. The molecule has 4 rings (SSSR count). The summed E-state index contributed by atoms with van der Waals surface area (Å²) < 4.78 is 10.9. The first-order valence-electron chi connectivity index (χ1n) is 9.56. The molecule has 1 N–H and O–H groups in total. The molecular formula is C22H23N3O3. The zero-order valence-electron chi connectivity index (χ0n) is 16.1. The van der Waals surface area contributed by atoms with Crippen molar-refractivity contribution in [1.82, 2.24) is 15.5 Å². The van der Waals surface area contributed by atoms with Gasteiger partial charge in [0, 0.05) is 23.8 Å². The minimum Gasteiger partial charge on any atom is -0.418 e. The number of aryl methyl sites for hydroxylation is 1. The number of aromatic nitrogens is 2. The second-order valence-corrected chi connectivity index (χ2v) is 6.99. The Morgan fingerprint density at radius 1 is 1.14 bits per heavy atom. The summed E-state index contributed by atoms with van der Waals surface area (Å²) in [5.41, 5.74) is 4.73. The SMILES string of the molecule is CCOCc1nnc(-c2ccc(-c3cc(C(=O)NC4CC4)ccc3C)cc2)o1. The van der Waals surface area contributed by atoms with Crippen LogP contribution in [0.3, 0.4) is 0 Å². The molecule has 0 atom stereocenters. The van der Waals surface area contributed by atoms with E-state index in [1.54, 1.807) is 0 Å². The molecule has 0 radical (unpaired) electrons. The maximum atomic E-state index is 12.4. The smallest absolute Gasteiger partial charge is 0.251 e. The first-order chi connectivity index (χ1) is 13.6. The molecule has 1 saturated carbocycles. The maximum absolute atomic E-state index is 12.4. The zero-order chi connectivity index (χ0) is 19.5. The number of amides is 1. The summed E-state index contributed by atoms with van der Waals surface area (Å²) in [6.45, 7) is 4.88. The van der Waals surface area contributed by atoms with Crippen LogP contribution >= 0.6 is 0 Å². The Morgan fingerprint density at radius 3 is 2.61 bits per heavy atom. The van der Waals surface area contributed by atoms with Crippen LogP contribution in [0.15, 0.2) is 46.9 Å².